The predicted molar refractivity (Wildman–Crippen MR) is 61.4 cm³/mol. The molecule has 2 rings (SSSR count). The molecule has 1 heterocycles. The highest BCUT2D eigenvalue weighted by Gasteiger charge is 2.31. The molecule has 0 aliphatic carbocycles. The third-order valence-corrected chi connectivity index (χ3v) is 2.79. The van der Waals surface area contributed by atoms with Gasteiger partial charge in [-0.3, -0.25) is 4.90 Å². The number of hydrogen-bond acceptors (Lipinski definition) is 3. The fraction of sp³-hybridized carbons (Fsp3) is 0.333. The number of ether oxygens (including phenoxy) is 1. The molecule has 1 amide bonds. The van der Waals surface area contributed by atoms with E-state index in [-0.39, 0.29) is 17.7 Å². The van der Waals surface area contributed by atoms with Crippen LogP contribution in [0.2, 0.25) is 0 Å². The maximum Gasteiger partial charge on any atom is 0.414 e. The molecular formula is C12H13NO4. The van der Waals surface area contributed by atoms with E-state index in [4.69, 9.17) is 9.84 Å². The molecular weight excluding hydrogens is 222 g/mol. The SMILES string of the molecule is Cc1cc(C(=O)O)ccc1N1C(=O)OC[C@H]1C. The van der Waals surface area contributed by atoms with Crippen LogP contribution in [-0.4, -0.2) is 29.8 Å². The van der Waals surface area contributed by atoms with Crippen LogP contribution in [0.25, 0.3) is 0 Å². The smallest absolute Gasteiger partial charge is 0.414 e. The molecule has 1 aromatic carbocycles. The van der Waals surface area contributed by atoms with Crippen molar-refractivity contribution in [2.24, 2.45) is 0 Å². The first-order valence-corrected chi connectivity index (χ1v) is 5.30. The van der Waals surface area contributed by atoms with Crippen LogP contribution in [0.15, 0.2) is 18.2 Å². The molecule has 1 aromatic rings. The molecule has 1 N–H and O–H groups in total. The largest absolute Gasteiger partial charge is 0.478 e. The quantitative estimate of drug-likeness (QED) is 0.851. The molecule has 5 nitrogen and oxygen atoms in total. The Morgan fingerprint density at radius 1 is 1.53 bits per heavy atom. The lowest BCUT2D eigenvalue weighted by molar-refractivity contribution is 0.0697. The highest BCUT2D eigenvalue weighted by molar-refractivity contribution is 5.93. The Morgan fingerprint density at radius 2 is 2.24 bits per heavy atom. The molecule has 5 heteroatoms. The van der Waals surface area contributed by atoms with Crippen molar-refractivity contribution in [1.82, 2.24) is 0 Å². The van der Waals surface area contributed by atoms with E-state index in [1.807, 2.05) is 6.92 Å². The molecule has 0 radical (unpaired) electrons. The summed E-state index contributed by atoms with van der Waals surface area (Å²) in [5.41, 5.74) is 1.66. The number of carboxylic acids is 1. The Balaban J connectivity index is 2.40. The number of carbonyl (C=O) groups is 2. The summed E-state index contributed by atoms with van der Waals surface area (Å²) < 4.78 is 4.94. The number of cyclic esters (lactones) is 1. The average Bonchev–Trinajstić information content (AvgIpc) is 2.59. The van der Waals surface area contributed by atoms with Gasteiger partial charge in [0.25, 0.3) is 0 Å². The van der Waals surface area contributed by atoms with Crippen molar-refractivity contribution in [3.05, 3.63) is 29.3 Å². The Labute approximate surface area is 98.6 Å². The summed E-state index contributed by atoms with van der Waals surface area (Å²) in [6.07, 6.45) is -0.385. The van der Waals surface area contributed by atoms with E-state index < -0.39 is 5.97 Å². The molecule has 0 unspecified atom stereocenters. The van der Waals surface area contributed by atoms with Crippen LogP contribution in [-0.2, 0) is 4.74 Å². The van der Waals surface area contributed by atoms with Crippen molar-refractivity contribution in [3.63, 3.8) is 0 Å². The van der Waals surface area contributed by atoms with E-state index >= 15 is 0 Å². The highest BCUT2D eigenvalue weighted by Crippen LogP contribution is 2.27. The Kier molecular flexibility index (Phi) is 2.75. The lowest BCUT2D eigenvalue weighted by atomic mass is 10.1. The summed E-state index contributed by atoms with van der Waals surface area (Å²) in [5.74, 6) is -0.975. The minimum Gasteiger partial charge on any atom is -0.478 e. The van der Waals surface area contributed by atoms with E-state index in [0.29, 0.717) is 12.3 Å². The van der Waals surface area contributed by atoms with Crippen molar-refractivity contribution in [2.75, 3.05) is 11.5 Å². The van der Waals surface area contributed by atoms with Crippen LogP contribution in [0, 0.1) is 6.92 Å². The van der Waals surface area contributed by atoms with Crippen LogP contribution >= 0.6 is 0 Å². The van der Waals surface area contributed by atoms with Crippen LogP contribution < -0.4 is 4.90 Å². The predicted octanol–water partition coefficient (Wildman–Crippen LogP) is 2.04. The average molecular weight is 235 g/mol. The minimum atomic E-state index is -0.975. The Hall–Kier alpha value is -2.04. The normalized spacial score (nSPS) is 19.3. The van der Waals surface area contributed by atoms with Crippen LogP contribution in [0.4, 0.5) is 10.5 Å². The van der Waals surface area contributed by atoms with Gasteiger partial charge in [0.2, 0.25) is 0 Å². The fourth-order valence-electron chi connectivity index (χ4n) is 1.91. The number of nitrogens with zero attached hydrogens (tertiary/aromatic N) is 1. The third-order valence-electron chi connectivity index (χ3n) is 2.79. The van der Waals surface area contributed by atoms with Crippen LogP contribution in [0.1, 0.15) is 22.8 Å². The zero-order valence-corrected chi connectivity index (χ0v) is 9.64. The molecule has 0 bridgehead atoms. The van der Waals surface area contributed by atoms with Gasteiger partial charge >= 0.3 is 12.1 Å². The topological polar surface area (TPSA) is 66.8 Å². The highest BCUT2D eigenvalue weighted by atomic mass is 16.6. The van der Waals surface area contributed by atoms with Gasteiger partial charge in [0, 0.05) is 0 Å². The first-order valence-electron chi connectivity index (χ1n) is 5.30. The maximum atomic E-state index is 11.5. The number of aryl methyl sites for hydroxylation is 1. The molecule has 90 valence electrons. The van der Waals surface area contributed by atoms with Gasteiger partial charge < -0.3 is 9.84 Å². The zero-order valence-electron chi connectivity index (χ0n) is 9.64. The van der Waals surface area contributed by atoms with Gasteiger partial charge in [0.1, 0.15) is 6.61 Å². The number of aromatic carboxylic acids is 1. The number of anilines is 1. The minimum absolute atomic E-state index is 0.0307. The Bertz CT molecular complexity index is 483. The molecule has 17 heavy (non-hydrogen) atoms. The molecule has 1 aliphatic rings. The standard InChI is InChI=1S/C12H13NO4/c1-7-5-9(11(14)15)3-4-10(7)13-8(2)6-17-12(13)16/h3-5,8H,6H2,1-2H3,(H,14,15)/t8-/m1/s1. The summed E-state index contributed by atoms with van der Waals surface area (Å²) in [5, 5.41) is 8.86. The van der Waals surface area contributed by atoms with Gasteiger partial charge in [-0.1, -0.05) is 0 Å². The number of benzene rings is 1. The molecule has 1 atom stereocenters. The fourth-order valence-corrected chi connectivity index (χ4v) is 1.91. The summed E-state index contributed by atoms with van der Waals surface area (Å²) >= 11 is 0. The third kappa shape index (κ3) is 1.95. The van der Waals surface area contributed by atoms with Crippen molar-refractivity contribution >= 4 is 17.7 Å². The second-order valence-electron chi connectivity index (χ2n) is 4.10. The van der Waals surface area contributed by atoms with Gasteiger partial charge in [0.05, 0.1) is 17.3 Å². The number of carboxylic acid groups (broad SMARTS) is 1. The van der Waals surface area contributed by atoms with Crippen molar-refractivity contribution in [3.8, 4) is 0 Å². The van der Waals surface area contributed by atoms with E-state index in [1.54, 1.807) is 24.0 Å². The molecule has 0 saturated carbocycles. The lowest BCUT2D eigenvalue weighted by Gasteiger charge is -2.20. The first-order chi connectivity index (χ1) is 8.00. The number of amides is 1. The maximum absolute atomic E-state index is 11.5. The molecule has 1 aliphatic heterocycles. The zero-order chi connectivity index (χ0) is 12.6. The number of rotatable bonds is 2. The number of hydrogen-bond donors (Lipinski definition) is 1. The monoisotopic (exact) mass is 235 g/mol. The molecule has 0 aromatic heterocycles. The van der Waals surface area contributed by atoms with Crippen molar-refractivity contribution in [1.29, 1.82) is 0 Å². The van der Waals surface area contributed by atoms with E-state index in [0.717, 1.165) is 5.56 Å². The van der Waals surface area contributed by atoms with Gasteiger partial charge in [-0.15, -0.1) is 0 Å². The molecule has 1 fully saturated rings. The lowest BCUT2D eigenvalue weighted by Crippen LogP contribution is -2.31. The van der Waals surface area contributed by atoms with Gasteiger partial charge in [0.15, 0.2) is 0 Å². The summed E-state index contributed by atoms with van der Waals surface area (Å²) in [4.78, 5) is 23.9. The summed E-state index contributed by atoms with van der Waals surface area (Å²) in [6.45, 7) is 4.02. The van der Waals surface area contributed by atoms with Crippen LogP contribution in [0.5, 0.6) is 0 Å². The summed E-state index contributed by atoms with van der Waals surface area (Å²) in [6, 6.07) is 4.65. The van der Waals surface area contributed by atoms with E-state index in [2.05, 4.69) is 0 Å². The Morgan fingerprint density at radius 3 is 2.71 bits per heavy atom. The molecule has 0 spiro atoms. The van der Waals surface area contributed by atoms with Gasteiger partial charge in [-0.2, -0.15) is 0 Å². The molecule has 1 saturated heterocycles. The van der Waals surface area contributed by atoms with Crippen molar-refractivity contribution in [2.45, 2.75) is 19.9 Å². The van der Waals surface area contributed by atoms with Crippen molar-refractivity contribution < 1.29 is 19.4 Å². The van der Waals surface area contributed by atoms with Crippen LogP contribution in [0.3, 0.4) is 0 Å². The van der Waals surface area contributed by atoms with Gasteiger partial charge in [-0.25, -0.2) is 9.59 Å². The second kappa shape index (κ2) is 4.08. The van der Waals surface area contributed by atoms with E-state index in [1.165, 1.54) is 6.07 Å². The first kappa shape index (κ1) is 11.4. The van der Waals surface area contributed by atoms with Gasteiger partial charge in [-0.05, 0) is 37.6 Å². The summed E-state index contributed by atoms with van der Waals surface area (Å²) in [7, 11) is 0. The van der Waals surface area contributed by atoms with E-state index in [9.17, 15) is 9.59 Å². The number of carbonyl (C=O) groups excluding carboxylic acids is 1. The second-order valence-corrected chi connectivity index (χ2v) is 4.10.